The van der Waals surface area contributed by atoms with Crippen molar-refractivity contribution in [3.63, 3.8) is 0 Å². The predicted molar refractivity (Wildman–Crippen MR) is 53.2 cm³/mol. The van der Waals surface area contributed by atoms with Crippen molar-refractivity contribution >= 4 is 0 Å². The summed E-state index contributed by atoms with van der Waals surface area (Å²) in [6, 6.07) is 0. The molecule has 0 bridgehead atoms. The Kier molecular flexibility index (Phi) is 1.65. The van der Waals surface area contributed by atoms with Gasteiger partial charge in [0.25, 0.3) is 0 Å². The van der Waals surface area contributed by atoms with Gasteiger partial charge in [-0.2, -0.15) is 0 Å². The molecule has 3 heteroatoms. The van der Waals surface area contributed by atoms with E-state index in [1.165, 1.54) is 38.5 Å². The summed E-state index contributed by atoms with van der Waals surface area (Å²) in [7, 11) is 0. The maximum Gasteiger partial charge on any atom is 0.198 e. The SMILES string of the molecule is C1CCC2(OC34CCCCC3O4)OC2C1. The molecule has 4 rings (SSSR count). The van der Waals surface area contributed by atoms with Crippen LogP contribution < -0.4 is 0 Å². The van der Waals surface area contributed by atoms with Crippen molar-refractivity contribution in [2.75, 3.05) is 0 Å². The number of epoxide rings is 2. The molecule has 4 fully saturated rings. The number of hydrogen-bond donors (Lipinski definition) is 0. The van der Waals surface area contributed by atoms with Crippen LogP contribution in [-0.4, -0.2) is 23.8 Å². The fourth-order valence-corrected chi connectivity index (χ4v) is 3.39. The maximum atomic E-state index is 6.21. The van der Waals surface area contributed by atoms with Gasteiger partial charge >= 0.3 is 0 Å². The minimum absolute atomic E-state index is 0.218. The number of rotatable bonds is 2. The van der Waals surface area contributed by atoms with Crippen LogP contribution in [0.25, 0.3) is 0 Å². The van der Waals surface area contributed by atoms with Gasteiger partial charge in [0.1, 0.15) is 12.2 Å². The summed E-state index contributed by atoms with van der Waals surface area (Å²) >= 11 is 0. The molecule has 3 nitrogen and oxygen atoms in total. The normalized spacial score (nSPS) is 56.8. The number of fused-ring (bicyclic) bond motifs is 2. The van der Waals surface area contributed by atoms with Crippen LogP contribution >= 0.6 is 0 Å². The Labute approximate surface area is 90.1 Å². The zero-order chi connectivity index (χ0) is 9.93. The second-order valence-corrected chi connectivity index (χ2v) is 5.43. The molecular weight excluding hydrogens is 192 g/mol. The Balaban J connectivity index is 1.48. The van der Waals surface area contributed by atoms with Gasteiger partial charge in [-0.15, -0.1) is 0 Å². The van der Waals surface area contributed by atoms with Gasteiger partial charge in [-0.1, -0.05) is 12.8 Å². The molecule has 4 unspecified atom stereocenters. The van der Waals surface area contributed by atoms with Crippen molar-refractivity contribution in [1.82, 2.24) is 0 Å². The third kappa shape index (κ3) is 1.23. The molecule has 84 valence electrons. The highest BCUT2D eigenvalue weighted by atomic mass is 16.9. The summed E-state index contributed by atoms with van der Waals surface area (Å²) in [5, 5.41) is 0. The molecule has 2 aliphatic carbocycles. The molecule has 2 heterocycles. The lowest BCUT2D eigenvalue weighted by molar-refractivity contribution is -0.159. The van der Waals surface area contributed by atoms with Crippen molar-refractivity contribution in [1.29, 1.82) is 0 Å². The van der Waals surface area contributed by atoms with Gasteiger partial charge in [0.2, 0.25) is 0 Å². The third-order valence-electron chi connectivity index (χ3n) is 4.38. The Morgan fingerprint density at radius 2 is 1.33 bits per heavy atom. The molecule has 0 aromatic heterocycles. The van der Waals surface area contributed by atoms with Crippen molar-refractivity contribution in [3.05, 3.63) is 0 Å². The molecule has 0 aromatic carbocycles. The minimum Gasteiger partial charge on any atom is -0.338 e. The minimum atomic E-state index is -0.218. The molecule has 4 atom stereocenters. The van der Waals surface area contributed by atoms with E-state index < -0.39 is 0 Å². The van der Waals surface area contributed by atoms with E-state index in [1.807, 2.05) is 0 Å². The molecule has 0 amide bonds. The molecule has 0 aromatic rings. The first-order chi connectivity index (χ1) is 7.33. The highest BCUT2D eigenvalue weighted by Crippen LogP contribution is 2.58. The first kappa shape index (κ1) is 8.97. The van der Waals surface area contributed by atoms with Gasteiger partial charge in [-0.05, 0) is 25.7 Å². The Morgan fingerprint density at radius 1 is 0.800 bits per heavy atom. The largest absolute Gasteiger partial charge is 0.338 e. The fraction of sp³-hybridized carbons (Fsp3) is 1.00. The van der Waals surface area contributed by atoms with Crippen LogP contribution in [0.2, 0.25) is 0 Å². The summed E-state index contributed by atoms with van der Waals surface area (Å²) < 4.78 is 17.7. The molecule has 4 aliphatic rings. The average Bonchev–Trinajstić information content (AvgIpc) is 3.09. The lowest BCUT2D eigenvalue weighted by Gasteiger charge is -2.24. The van der Waals surface area contributed by atoms with Crippen LogP contribution in [0.15, 0.2) is 0 Å². The number of hydrogen-bond acceptors (Lipinski definition) is 3. The van der Waals surface area contributed by atoms with Gasteiger partial charge in [0, 0.05) is 12.8 Å². The molecule has 0 spiro atoms. The first-order valence-corrected chi connectivity index (χ1v) is 6.39. The van der Waals surface area contributed by atoms with E-state index >= 15 is 0 Å². The van der Waals surface area contributed by atoms with Gasteiger partial charge in [0.15, 0.2) is 11.6 Å². The Hall–Kier alpha value is -0.120. The van der Waals surface area contributed by atoms with E-state index in [4.69, 9.17) is 14.2 Å². The third-order valence-corrected chi connectivity index (χ3v) is 4.38. The first-order valence-electron chi connectivity index (χ1n) is 6.39. The van der Waals surface area contributed by atoms with Crippen molar-refractivity contribution in [2.45, 2.75) is 75.1 Å². The molecule has 2 aliphatic heterocycles. The monoisotopic (exact) mass is 210 g/mol. The van der Waals surface area contributed by atoms with Gasteiger partial charge in [-0.25, -0.2) is 0 Å². The molecule has 0 radical (unpaired) electrons. The van der Waals surface area contributed by atoms with Crippen LogP contribution in [0.3, 0.4) is 0 Å². The van der Waals surface area contributed by atoms with Crippen LogP contribution in [0.4, 0.5) is 0 Å². The average molecular weight is 210 g/mol. The van der Waals surface area contributed by atoms with Crippen molar-refractivity contribution in [3.8, 4) is 0 Å². The zero-order valence-electron chi connectivity index (χ0n) is 9.04. The number of ether oxygens (including phenoxy) is 3. The fourth-order valence-electron chi connectivity index (χ4n) is 3.39. The van der Waals surface area contributed by atoms with E-state index in [2.05, 4.69) is 0 Å². The topological polar surface area (TPSA) is 34.3 Å². The molecule has 15 heavy (non-hydrogen) atoms. The molecular formula is C12H18O3. The second kappa shape index (κ2) is 2.76. The summed E-state index contributed by atoms with van der Waals surface area (Å²) in [4.78, 5) is 0. The van der Waals surface area contributed by atoms with Gasteiger partial charge in [0.05, 0.1) is 0 Å². The summed E-state index contributed by atoms with van der Waals surface area (Å²) in [6.07, 6.45) is 10.4. The summed E-state index contributed by atoms with van der Waals surface area (Å²) in [5.74, 6) is -0.436. The summed E-state index contributed by atoms with van der Waals surface area (Å²) in [6.45, 7) is 0. The Morgan fingerprint density at radius 3 is 1.80 bits per heavy atom. The van der Waals surface area contributed by atoms with E-state index in [0.29, 0.717) is 12.2 Å². The van der Waals surface area contributed by atoms with Crippen LogP contribution in [0, 0.1) is 0 Å². The highest BCUT2D eigenvalue weighted by Gasteiger charge is 2.69. The van der Waals surface area contributed by atoms with E-state index in [1.54, 1.807) is 0 Å². The van der Waals surface area contributed by atoms with Crippen molar-refractivity contribution < 1.29 is 14.2 Å². The van der Waals surface area contributed by atoms with E-state index in [9.17, 15) is 0 Å². The van der Waals surface area contributed by atoms with Crippen LogP contribution in [-0.2, 0) is 14.2 Å². The lowest BCUT2D eigenvalue weighted by Crippen LogP contribution is -2.34. The molecule has 0 N–H and O–H groups in total. The van der Waals surface area contributed by atoms with Gasteiger partial charge in [-0.3, -0.25) is 0 Å². The lowest BCUT2D eigenvalue weighted by atomic mass is 9.95. The highest BCUT2D eigenvalue weighted by molar-refractivity contribution is 5.05. The summed E-state index contributed by atoms with van der Waals surface area (Å²) in [5.41, 5.74) is 0. The van der Waals surface area contributed by atoms with E-state index in [-0.39, 0.29) is 11.6 Å². The standard InChI is InChI=1S/C12H18O3/c1-3-7-11(9(5-1)13-11)15-12-8-4-2-6-10(12)14-12/h9-10H,1-8H2. The van der Waals surface area contributed by atoms with Crippen LogP contribution in [0.5, 0.6) is 0 Å². The second-order valence-electron chi connectivity index (χ2n) is 5.43. The van der Waals surface area contributed by atoms with Crippen LogP contribution in [0.1, 0.15) is 51.4 Å². The quantitative estimate of drug-likeness (QED) is 0.656. The molecule has 2 saturated carbocycles. The maximum absolute atomic E-state index is 6.21. The predicted octanol–water partition coefficient (Wildman–Crippen LogP) is 2.34. The molecule has 2 saturated heterocycles. The zero-order valence-corrected chi connectivity index (χ0v) is 9.04. The van der Waals surface area contributed by atoms with Gasteiger partial charge < -0.3 is 14.2 Å². The Bertz CT molecular complexity index is 265. The smallest absolute Gasteiger partial charge is 0.198 e. The van der Waals surface area contributed by atoms with E-state index in [0.717, 1.165) is 12.8 Å². The van der Waals surface area contributed by atoms with Crippen molar-refractivity contribution in [2.24, 2.45) is 0 Å².